The number of esters is 1. The largest absolute Gasteiger partial charge is 0.458 e. The summed E-state index contributed by atoms with van der Waals surface area (Å²) in [7, 11) is 0. The molecule has 1 aromatic heterocycles. The summed E-state index contributed by atoms with van der Waals surface area (Å²) in [5, 5.41) is 1.03. The molecule has 0 aliphatic rings. The molecule has 1 unspecified atom stereocenters. The van der Waals surface area contributed by atoms with Crippen LogP contribution < -0.4 is 5.73 Å². The van der Waals surface area contributed by atoms with Gasteiger partial charge in [-0.25, -0.2) is 0 Å². The Morgan fingerprint density at radius 3 is 2.94 bits per heavy atom. The average Bonchev–Trinajstić information content (AvgIpc) is 2.59. The van der Waals surface area contributed by atoms with Crippen LogP contribution in [0.4, 0.5) is 5.69 Å². The van der Waals surface area contributed by atoms with Crippen molar-refractivity contribution in [2.24, 2.45) is 0 Å². The Morgan fingerprint density at radius 2 is 2.25 bits per heavy atom. The van der Waals surface area contributed by atoms with Gasteiger partial charge < -0.3 is 15.5 Å². The van der Waals surface area contributed by atoms with Crippen LogP contribution >= 0.6 is 0 Å². The smallest absolute Gasteiger partial charge is 0.303 e. The summed E-state index contributed by atoms with van der Waals surface area (Å²) in [6.07, 6.45) is 1.59. The van der Waals surface area contributed by atoms with Crippen LogP contribution in [0.25, 0.3) is 10.9 Å². The number of ether oxygens (including phenoxy) is 1. The molecule has 0 radical (unpaired) electrons. The topological polar surface area (TPSA) is 68.1 Å². The Balaban J connectivity index is 2.41. The molecule has 0 spiro atoms. The van der Waals surface area contributed by atoms with E-state index >= 15 is 0 Å². The fraction of sp³-hybridized carbons (Fsp3) is 0.250. The summed E-state index contributed by atoms with van der Waals surface area (Å²) < 4.78 is 5.14. The van der Waals surface area contributed by atoms with Gasteiger partial charge in [0, 0.05) is 35.3 Å². The van der Waals surface area contributed by atoms with Gasteiger partial charge in [-0.2, -0.15) is 0 Å². The van der Waals surface area contributed by atoms with Gasteiger partial charge in [0.05, 0.1) is 0 Å². The second-order valence-electron chi connectivity index (χ2n) is 3.80. The number of hydrogen-bond donors (Lipinski definition) is 2. The third-order valence-electron chi connectivity index (χ3n) is 2.52. The summed E-state index contributed by atoms with van der Waals surface area (Å²) >= 11 is 0. The molecular formula is C12H14N2O2. The van der Waals surface area contributed by atoms with Crippen molar-refractivity contribution >= 4 is 22.6 Å². The van der Waals surface area contributed by atoms with E-state index in [1.165, 1.54) is 6.92 Å². The number of nitrogens with two attached hydrogens (primary N) is 1. The van der Waals surface area contributed by atoms with Gasteiger partial charge in [-0.15, -0.1) is 0 Å². The fourth-order valence-electron chi connectivity index (χ4n) is 1.82. The summed E-state index contributed by atoms with van der Waals surface area (Å²) in [4.78, 5) is 14.0. The van der Waals surface area contributed by atoms with Gasteiger partial charge in [-0.3, -0.25) is 4.79 Å². The molecule has 0 saturated heterocycles. The van der Waals surface area contributed by atoms with Gasteiger partial charge >= 0.3 is 5.97 Å². The van der Waals surface area contributed by atoms with Gasteiger partial charge in [0.15, 0.2) is 0 Å². The quantitative estimate of drug-likeness (QED) is 0.600. The number of H-pyrrole nitrogens is 1. The Hall–Kier alpha value is -1.97. The second kappa shape index (κ2) is 3.89. The lowest BCUT2D eigenvalue weighted by atomic mass is 10.1. The number of carbonyl (C=O) groups is 1. The molecule has 0 saturated carbocycles. The molecule has 0 aliphatic heterocycles. The van der Waals surface area contributed by atoms with Crippen LogP contribution in [0.3, 0.4) is 0 Å². The van der Waals surface area contributed by atoms with Gasteiger partial charge in [0.25, 0.3) is 0 Å². The van der Waals surface area contributed by atoms with Crippen molar-refractivity contribution in [3.05, 3.63) is 30.0 Å². The van der Waals surface area contributed by atoms with Crippen molar-refractivity contribution in [2.75, 3.05) is 5.73 Å². The zero-order valence-corrected chi connectivity index (χ0v) is 9.28. The lowest BCUT2D eigenvalue weighted by Crippen LogP contribution is -2.04. The van der Waals surface area contributed by atoms with E-state index in [0.29, 0.717) is 5.69 Å². The van der Waals surface area contributed by atoms with Gasteiger partial charge in [0.1, 0.15) is 6.10 Å². The van der Waals surface area contributed by atoms with E-state index in [0.717, 1.165) is 16.5 Å². The lowest BCUT2D eigenvalue weighted by Gasteiger charge is -2.10. The SMILES string of the molecule is CC(=O)OC(C)c1c[nH]c2cc(N)ccc12. The van der Waals surface area contributed by atoms with Crippen molar-refractivity contribution in [3.63, 3.8) is 0 Å². The Morgan fingerprint density at radius 1 is 1.50 bits per heavy atom. The monoisotopic (exact) mass is 218 g/mol. The van der Waals surface area contributed by atoms with E-state index in [9.17, 15) is 4.79 Å². The average molecular weight is 218 g/mol. The number of nitrogens with one attached hydrogen (secondary N) is 1. The van der Waals surface area contributed by atoms with Crippen LogP contribution in [0.15, 0.2) is 24.4 Å². The van der Waals surface area contributed by atoms with E-state index in [1.807, 2.05) is 31.3 Å². The minimum atomic E-state index is -0.280. The molecule has 0 amide bonds. The molecule has 1 heterocycles. The van der Waals surface area contributed by atoms with Crippen molar-refractivity contribution in [1.29, 1.82) is 0 Å². The minimum Gasteiger partial charge on any atom is -0.458 e. The van der Waals surface area contributed by atoms with Gasteiger partial charge in [-0.05, 0) is 19.1 Å². The summed E-state index contributed by atoms with van der Waals surface area (Å²) in [6.45, 7) is 3.25. The zero-order valence-electron chi connectivity index (χ0n) is 9.28. The van der Waals surface area contributed by atoms with Crippen LogP contribution in [0.2, 0.25) is 0 Å². The third kappa shape index (κ3) is 1.86. The fourth-order valence-corrected chi connectivity index (χ4v) is 1.82. The van der Waals surface area contributed by atoms with Crippen LogP contribution in [0, 0.1) is 0 Å². The number of anilines is 1. The number of hydrogen-bond acceptors (Lipinski definition) is 3. The molecule has 0 bridgehead atoms. The maximum absolute atomic E-state index is 10.9. The van der Waals surface area contributed by atoms with Crippen molar-refractivity contribution < 1.29 is 9.53 Å². The molecular weight excluding hydrogens is 204 g/mol. The first-order chi connectivity index (χ1) is 7.58. The number of aromatic amines is 1. The zero-order chi connectivity index (χ0) is 11.7. The van der Waals surface area contributed by atoms with E-state index < -0.39 is 0 Å². The van der Waals surface area contributed by atoms with Crippen molar-refractivity contribution in [3.8, 4) is 0 Å². The highest BCUT2D eigenvalue weighted by Gasteiger charge is 2.13. The lowest BCUT2D eigenvalue weighted by molar-refractivity contribution is -0.145. The predicted molar refractivity (Wildman–Crippen MR) is 62.9 cm³/mol. The van der Waals surface area contributed by atoms with Gasteiger partial charge in [-0.1, -0.05) is 6.07 Å². The number of rotatable bonds is 2. The first kappa shape index (κ1) is 10.5. The minimum absolute atomic E-state index is 0.255. The third-order valence-corrected chi connectivity index (χ3v) is 2.52. The number of aromatic nitrogens is 1. The molecule has 3 N–H and O–H groups in total. The number of benzene rings is 1. The highest BCUT2D eigenvalue weighted by Crippen LogP contribution is 2.27. The molecule has 2 rings (SSSR count). The molecule has 1 atom stereocenters. The maximum Gasteiger partial charge on any atom is 0.303 e. The first-order valence-corrected chi connectivity index (χ1v) is 5.11. The van der Waals surface area contributed by atoms with E-state index in [1.54, 1.807) is 0 Å². The predicted octanol–water partition coefficient (Wildman–Crippen LogP) is 2.37. The van der Waals surface area contributed by atoms with Crippen LogP contribution in [0.5, 0.6) is 0 Å². The molecule has 4 heteroatoms. The summed E-state index contributed by atoms with van der Waals surface area (Å²) in [5.74, 6) is -0.280. The van der Waals surface area contributed by atoms with Crippen LogP contribution in [-0.2, 0) is 9.53 Å². The number of carbonyl (C=O) groups excluding carboxylic acids is 1. The molecule has 84 valence electrons. The first-order valence-electron chi connectivity index (χ1n) is 5.11. The highest BCUT2D eigenvalue weighted by molar-refractivity contribution is 5.86. The normalized spacial score (nSPS) is 12.6. The molecule has 0 fully saturated rings. The van der Waals surface area contributed by atoms with Crippen LogP contribution in [-0.4, -0.2) is 11.0 Å². The van der Waals surface area contributed by atoms with E-state index in [4.69, 9.17) is 10.5 Å². The summed E-state index contributed by atoms with van der Waals surface area (Å²) in [5.41, 5.74) is 8.31. The Labute approximate surface area is 93.4 Å². The van der Waals surface area contributed by atoms with Crippen LogP contribution in [0.1, 0.15) is 25.5 Å². The molecule has 16 heavy (non-hydrogen) atoms. The van der Waals surface area contributed by atoms with Crippen molar-refractivity contribution in [1.82, 2.24) is 4.98 Å². The van der Waals surface area contributed by atoms with E-state index in [-0.39, 0.29) is 12.1 Å². The van der Waals surface area contributed by atoms with Crippen molar-refractivity contribution in [2.45, 2.75) is 20.0 Å². The molecule has 1 aromatic carbocycles. The maximum atomic E-state index is 10.9. The van der Waals surface area contributed by atoms with E-state index in [2.05, 4.69) is 4.98 Å². The number of nitrogen functional groups attached to an aromatic ring is 1. The standard InChI is InChI=1S/C12H14N2O2/c1-7(16-8(2)15)11-6-14-12-5-9(13)3-4-10(11)12/h3-7,14H,13H2,1-2H3. The highest BCUT2D eigenvalue weighted by atomic mass is 16.5. The van der Waals surface area contributed by atoms with Gasteiger partial charge in [0.2, 0.25) is 0 Å². The molecule has 0 aliphatic carbocycles. The Bertz CT molecular complexity index is 531. The summed E-state index contributed by atoms with van der Waals surface area (Å²) in [6, 6.07) is 5.62. The Kier molecular flexibility index (Phi) is 2.56. The molecule has 2 aromatic rings. The molecule has 4 nitrogen and oxygen atoms in total. The number of fused-ring (bicyclic) bond motifs is 1. The second-order valence-corrected chi connectivity index (χ2v) is 3.80.